The van der Waals surface area contributed by atoms with E-state index in [1.54, 1.807) is 6.20 Å². The maximum Gasteiger partial charge on any atom is 0.175 e. The molecule has 3 unspecified atom stereocenters. The fraction of sp³-hybridized carbons (Fsp3) is 0.583. The van der Waals surface area contributed by atoms with Crippen LogP contribution in [-0.2, 0) is 12.8 Å². The second kappa shape index (κ2) is 14.3. The number of benzene rings is 1. The maximum atomic E-state index is 16.3. The van der Waals surface area contributed by atoms with Gasteiger partial charge in [-0.1, -0.05) is 25.1 Å². The highest BCUT2D eigenvalue weighted by atomic mass is 35.5. The highest BCUT2D eigenvalue weighted by molar-refractivity contribution is 6.31. The van der Waals surface area contributed by atoms with E-state index in [9.17, 15) is 4.39 Å². The van der Waals surface area contributed by atoms with E-state index >= 15 is 4.39 Å². The molecule has 242 valence electrons. The Morgan fingerprint density at radius 1 is 1.04 bits per heavy atom. The van der Waals surface area contributed by atoms with Gasteiger partial charge in [0.25, 0.3) is 0 Å². The minimum absolute atomic E-state index is 0.318. The van der Waals surface area contributed by atoms with Gasteiger partial charge in [-0.15, -0.1) is 0 Å². The Morgan fingerprint density at radius 2 is 1.87 bits per heavy atom. The molecule has 0 radical (unpaired) electrons. The topological polar surface area (TPSA) is 57.2 Å². The van der Waals surface area contributed by atoms with E-state index in [0.717, 1.165) is 99.3 Å². The molecule has 6 bridgehead atoms. The molecule has 9 heteroatoms. The first kappa shape index (κ1) is 32.1. The quantitative estimate of drug-likeness (QED) is 0.292. The maximum absolute atomic E-state index is 16.3. The van der Waals surface area contributed by atoms with E-state index < -0.39 is 6.17 Å². The van der Waals surface area contributed by atoms with E-state index in [0.29, 0.717) is 52.4 Å². The van der Waals surface area contributed by atoms with Crippen LogP contribution in [0.1, 0.15) is 81.7 Å². The predicted octanol–water partition coefficient (Wildman–Crippen LogP) is 7.98. The number of rotatable bonds is 1. The predicted molar refractivity (Wildman–Crippen MR) is 180 cm³/mol. The Morgan fingerprint density at radius 3 is 2.69 bits per heavy atom. The molecule has 7 heterocycles. The molecule has 1 aromatic carbocycles. The Hall–Kier alpha value is -2.84. The van der Waals surface area contributed by atoms with E-state index in [2.05, 4.69) is 31.7 Å². The molecule has 0 saturated carbocycles. The molecule has 0 amide bonds. The lowest BCUT2D eigenvalue weighted by Crippen LogP contribution is -2.37. The molecule has 3 aromatic rings. The number of pyridine rings is 1. The average molecular weight is 637 g/mol. The summed E-state index contributed by atoms with van der Waals surface area (Å²) in [5, 5.41) is 4.89. The van der Waals surface area contributed by atoms with Crippen molar-refractivity contribution in [1.82, 2.24) is 25.2 Å². The molecule has 3 atom stereocenters. The van der Waals surface area contributed by atoms with Crippen molar-refractivity contribution in [2.75, 3.05) is 37.6 Å². The summed E-state index contributed by atoms with van der Waals surface area (Å²) in [6, 6.07) is 4.56. The van der Waals surface area contributed by atoms with Crippen LogP contribution in [0.5, 0.6) is 0 Å². The number of anilines is 1. The first-order valence-electron chi connectivity index (χ1n) is 17.0. The molecule has 5 aliphatic heterocycles. The number of aryl methyl sites for hydroxylation is 2. The lowest BCUT2D eigenvalue weighted by molar-refractivity contribution is 0.292. The molecular formula is C36H47ClF2N6. The minimum atomic E-state index is -0.518. The molecular weight excluding hydrogens is 590 g/mol. The number of aromatic nitrogens is 3. The van der Waals surface area contributed by atoms with E-state index in [4.69, 9.17) is 16.6 Å². The van der Waals surface area contributed by atoms with Crippen molar-refractivity contribution in [3.63, 3.8) is 0 Å². The minimum Gasteiger partial charge on any atom is -0.389 e. The van der Waals surface area contributed by atoms with Gasteiger partial charge in [0.1, 0.15) is 29.0 Å². The number of hydrogen-bond acceptors (Lipinski definition) is 6. The Balaban J connectivity index is 0.000000337. The number of piperidine rings is 1. The average Bonchev–Trinajstić information content (AvgIpc) is 3.61. The molecule has 45 heavy (non-hydrogen) atoms. The van der Waals surface area contributed by atoms with Crippen molar-refractivity contribution in [3.05, 3.63) is 58.4 Å². The number of nitrogens with zero attached hydrogens (tertiary/aromatic N) is 5. The van der Waals surface area contributed by atoms with Crippen molar-refractivity contribution >= 4 is 28.3 Å². The van der Waals surface area contributed by atoms with E-state index in [1.807, 2.05) is 26.0 Å². The Labute approximate surface area is 271 Å². The number of halogens is 3. The van der Waals surface area contributed by atoms with Crippen LogP contribution < -0.4 is 10.2 Å². The molecule has 3 fully saturated rings. The summed E-state index contributed by atoms with van der Waals surface area (Å²) in [4.78, 5) is 18.8. The van der Waals surface area contributed by atoms with Crippen molar-refractivity contribution in [3.8, 4) is 11.3 Å². The molecule has 5 aliphatic rings. The summed E-state index contributed by atoms with van der Waals surface area (Å²) in [5.41, 5.74) is 4.44. The van der Waals surface area contributed by atoms with Gasteiger partial charge in [0.2, 0.25) is 0 Å². The van der Waals surface area contributed by atoms with Crippen LogP contribution in [0.4, 0.5) is 14.6 Å². The molecule has 2 aromatic heterocycles. The summed E-state index contributed by atoms with van der Waals surface area (Å²) < 4.78 is 28.9. The SMILES string of the molecule is C=C1CCCCc2c(Cl)cc(C)cc2-c2ncc3c(nc(CC)nc3c2F)N2CCCC(CCN1)C2.FC1CC2CCCN2C1. The summed E-state index contributed by atoms with van der Waals surface area (Å²) in [7, 11) is 0. The zero-order valence-corrected chi connectivity index (χ0v) is 27.6. The van der Waals surface area contributed by atoms with Crippen LogP contribution in [0.2, 0.25) is 5.02 Å². The van der Waals surface area contributed by atoms with Crippen LogP contribution in [-0.4, -0.2) is 64.8 Å². The lowest BCUT2D eigenvalue weighted by atomic mass is 9.94. The first-order chi connectivity index (χ1) is 21.8. The van der Waals surface area contributed by atoms with Gasteiger partial charge in [0.15, 0.2) is 5.82 Å². The number of alkyl halides is 1. The van der Waals surface area contributed by atoms with E-state index in [1.165, 1.54) is 19.3 Å². The number of fused-ring (bicyclic) bond motifs is 9. The molecule has 3 saturated heterocycles. The second-order valence-electron chi connectivity index (χ2n) is 13.4. The number of nitrogens with one attached hydrogen (secondary N) is 1. The standard InChI is InChI=1S/C29H35ClFN5.C7H12FN/c1-4-25-34-28-23-16-33-27(26(28)31)22-14-18(2)15-24(30)21(22)10-6-5-8-19(3)32-12-11-20-9-7-13-36(17-20)29(23)35-25;8-6-4-7-2-1-3-9(7)5-6/h14-16,20,32H,3-13,17H2,1-2H3;6-7H,1-5H2. The third-order valence-corrected chi connectivity index (χ3v) is 10.3. The third-order valence-electron chi connectivity index (χ3n) is 9.98. The molecule has 1 N–H and O–H groups in total. The van der Waals surface area contributed by atoms with Crippen LogP contribution in [0.25, 0.3) is 22.2 Å². The monoisotopic (exact) mass is 636 g/mol. The zero-order chi connectivity index (χ0) is 31.5. The van der Waals surface area contributed by atoms with Gasteiger partial charge >= 0.3 is 0 Å². The highest BCUT2D eigenvalue weighted by Gasteiger charge is 2.34. The normalized spacial score (nSPS) is 24.1. The fourth-order valence-electron chi connectivity index (χ4n) is 7.61. The van der Waals surface area contributed by atoms with Gasteiger partial charge in [-0.05, 0) is 107 Å². The fourth-order valence-corrected chi connectivity index (χ4v) is 7.98. The zero-order valence-electron chi connectivity index (χ0n) is 26.9. The molecule has 6 nitrogen and oxygen atoms in total. The van der Waals surface area contributed by atoms with Gasteiger partial charge in [-0.3, -0.25) is 9.88 Å². The van der Waals surface area contributed by atoms with Gasteiger partial charge in [-0.2, -0.15) is 0 Å². The Bertz CT molecular complexity index is 1520. The van der Waals surface area contributed by atoms with Gasteiger partial charge < -0.3 is 10.2 Å². The molecule has 0 spiro atoms. The Kier molecular flexibility index (Phi) is 10.2. The first-order valence-corrected chi connectivity index (χ1v) is 17.4. The summed E-state index contributed by atoms with van der Waals surface area (Å²) in [5.74, 6) is 1.63. The van der Waals surface area contributed by atoms with Gasteiger partial charge in [0, 0.05) is 61.1 Å². The third kappa shape index (κ3) is 7.27. The van der Waals surface area contributed by atoms with Crippen LogP contribution in [0, 0.1) is 18.7 Å². The van der Waals surface area contributed by atoms with Gasteiger partial charge in [0.05, 0.1) is 5.39 Å². The van der Waals surface area contributed by atoms with Crippen LogP contribution in [0.3, 0.4) is 0 Å². The summed E-state index contributed by atoms with van der Waals surface area (Å²) in [6.07, 6.45) is 12.2. The number of allylic oxidation sites excluding steroid dienone is 1. The van der Waals surface area contributed by atoms with Crippen molar-refractivity contribution < 1.29 is 8.78 Å². The van der Waals surface area contributed by atoms with E-state index in [-0.39, 0.29) is 5.82 Å². The van der Waals surface area contributed by atoms with Crippen molar-refractivity contribution in [1.29, 1.82) is 0 Å². The highest BCUT2D eigenvalue weighted by Crippen LogP contribution is 2.37. The largest absolute Gasteiger partial charge is 0.389 e. The smallest absolute Gasteiger partial charge is 0.175 e. The van der Waals surface area contributed by atoms with Gasteiger partial charge in [-0.25, -0.2) is 18.7 Å². The summed E-state index contributed by atoms with van der Waals surface area (Å²) >= 11 is 6.71. The summed E-state index contributed by atoms with van der Waals surface area (Å²) in [6.45, 7) is 12.8. The lowest BCUT2D eigenvalue weighted by Gasteiger charge is -2.34. The van der Waals surface area contributed by atoms with Crippen molar-refractivity contribution in [2.45, 2.75) is 96.7 Å². The van der Waals surface area contributed by atoms with Crippen molar-refractivity contribution in [2.24, 2.45) is 5.92 Å². The molecule has 8 rings (SSSR count). The van der Waals surface area contributed by atoms with Crippen LogP contribution in [0.15, 0.2) is 30.6 Å². The van der Waals surface area contributed by atoms with Crippen LogP contribution >= 0.6 is 11.6 Å². The second-order valence-corrected chi connectivity index (χ2v) is 13.8. The number of hydrogen-bond donors (Lipinski definition) is 1. The molecule has 0 aliphatic carbocycles.